The number of anilines is 2. The number of amides is 2. The van der Waals surface area contributed by atoms with E-state index in [4.69, 9.17) is 4.74 Å². The van der Waals surface area contributed by atoms with Crippen LogP contribution >= 0.6 is 0 Å². The molecule has 2 N–H and O–H groups in total. The second-order valence-electron chi connectivity index (χ2n) is 7.62. The molecule has 2 aromatic carbocycles. The van der Waals surface area contributed by atoms with Gasteiger partial charge in [0.05, 0.1) is 5.69 Å². The van der Waals surface area contributed by atoms with Crippen LogP contribution in [0.5, 0.6) is 11.6 Å². The zero-order valence-electron chi connectivity index (χ0n) is 19.0. The van der Waals surface area contributed by atoms with Gasteiger partial charge in [-0.3, -0.25) is 0 Å². The van der Waals surface area contributed by atoms with Gasteiger partial charge in [-0.05, 0) is 69.7 Å². The van der Waals surface area contributed by atoms with Crippen molar-refractivity contribution in [2.24, 2.45) is 0 Å². The molecule has 0 aliphatic carbocycles. The lowest BCUT2D eigenvalue weighted by atomic mass is 10.2. The zero-order chi connectivity index (χ0) is 24.4. The summed E-state index contributed by atoms with van der Waals surface area (Å²) in [5, 5.41) is 9.20. The van der Waals surface area contributed by atoms with E-state index in [1.807, 2.05) is 20.8 Å². The molecule has 0 saturated carbocycles. The fourth-order valence-corrected chi connectivity index (χ4v) is 3.25. The van der Waals surface area contributed by atoms with Crippen LogP contribution in [0.3, 0.4) is 0 Å². The third kappa shape index (κ3) is 4.85. The van der Waals surface area contributed by atoms with Crippen LogP contribution in [0.1, 0.15) is 22.8 Å². The van der Waals surface area contributed by atoms with Gasteiger partial charge in [0.2, 0.25) is 5.88 Å². The smallest absolute Gasteiger partial charge is 0.323 e. The Balaban J connectivity index is 1.46. The first-order valence-corrected chi connectivity index (χ1v) is 10.4. The summed E-state index contributed by atoms with van der Waals surface area (Å²) in [6.45, 7) is 7.67. The Morgan fingerprint density at radius 1 is 0.941 bits per heavy atom. The molecule has 0 atom stereocenters. The maximum Gasteiger partial charge on any atom is 0.323 e. The van der Waals surface area contributed by atoms with Crippen molar-refractivity contribution in [1.82, 2.24) is 19.7 Å². The third-order valence-electron chi connectivity index (χ3n) is 5.21. The highest BCUT2D eigenvalue weighted by Crippen LogP contribution is 2.25. The Morgan fingerprint density at radius 3 is 2.24 bits per heavy atom. The normalized spacial score (nSPS) is 10.8. The summed E-state index contributed by atoms with van der Waals surface area (Å²) in [5.41, 5.74) is 2.86. The third-order valence-corrected chi connectivity index (χ3v) is 5.21. The van der Waals surface area contributed by atoms with E-state index in [0.717, 1.165) is 29.1 Å². The number of hydrogen-bond donors (Lipinski definition) is 2. The Hall–Kier alpha value is -4.34. The lowest BCUT2D eigenvalue weighted by Crippen LogP contribution is -2.20. The van der Waals surface area contributed by atoms with E-state index < -0.39 is 23.4 Å². The molecule has 0 fully saturated rings. The predicted molar refractivity (Wildman–Crippen MR) is 124 cm³/mol. The Kier molecular flexibility index (Phi) is 6.22. The fraction of sp³-hybridized carbons (Fsp3) is 0.167. The fourth-order valence-electron chi connectivity index (χ4n) is 3.25. The number of ether oxygens (including phenoxy) is 1. The van der Waals surface area contributed by atoms with Crippen molar-refractivity contribution in [3.05, 3.63) is 82.9 Å². The van der Waals surface area contributed by atoms with Crippen LogP contribution in [0.25, 0.3) is 5.82 Å². The van der Waals surface area contributed by atoms with E-state index in [0.29, 0.717) is 29.0 Å². The molecule has 4 rings (SSSR count). The summed E-state index contributed by atoms with van der Waals surface area (Å²) in [6, 6.07) is 10.7. The number of aryl methyl sites for hydroxylation is 2. The second kappa shape index (κ2) is 9.26. The van der Waals surface area contributed by atoms with Crippen molar-refractivity contribution in [2.45, 2.75) is 27.7 Å². The molecular weight excluding hydrogens is 442 g/mol. The van der Waals surface area contributed by atoms with E-state index in [2.05, 4.69) is 25.7 Å². The van der Waals surface area contributed by atoms with Crippen molar-refractivity contribution in [2.75, 3.05) is 10.6 Å². The molecule has 0 aliphatic rings. The molecular formula is C24H22F2N6O2. The van der Waals surface area contributed by atoms with Crippen LogP contribution in [-0.4, -0.2) is 25.8 Å². The van der Waals surface area contributed by atoms with Crippen LogP contribution in [0.15, 0.2) is 48.5 Å². The molecule has 2 aromatic heterocycles. The van der Waals surface area contributed by atoms with Crippen LogP contribution in [0.4, 0.5) is 25.0 Å². The highest BCUT2D eigenvalue weighted by Gasteiger charge is 2.14. The first-order valence-electron chi connectivity index (χ1n) is 10.4. The van der Waals surface area contributed by atoms with Crippen LogP contribution in [0, 0.1) is 39.3 Å². The summed E-state index contributed by atoms with van der Waals surface area (Å²) in [6.07, 6.45) is 0. The van der Waals surface area contributed by atoms with Gasteiger partial charge in [-0.15, -0.1) is 0 Å². The number of hydrogen-bond acceptors (Lipinski definition) is 5. The van der Waals surface area contributed by atoms with Gasteiger partial charge in [0, 0.05) is 17.4 Å². The molecule has 0 unspecified atom stereocenters. The van der Waals surface area contributed by atoms with Gasteiger partial charge in [0.1, 0.15) is 28.9 Å². The maximum absolute atomic E-state index is 13.7. The summed E-state index contributed by atoms with van der Waals surface area (Å²) in [5.74, 6) is 0.184. The molecule has 0 saturated heterocycles. The first kappa shape index (κ1) is 22.8. The predicted octanol–water partition coefficient (Wildman–Crippen LogP) is 5.61. The van der Waals surface area contributed by atoms with Gasteiger partial charge < -0.3 is 15.4 Å². The molecule has 34 heavy (non-hydrogen) atoms. The van der Waals surface area contributed by atoms with E-state index in [9.17, 15) is 13.6 Å². The van der Waals surface area contributed by atoms with Crippen molar-refractivity contribution < 1.29 is 18.3 Å². The van der Waals surface area contributed by atoms with Crippen LogP contribution in [-0.2, 0) is 0 Å². The zero-order valence-corrected chi connectivity index (χ0v) is 19.0. The van der Waals surface area contributed by atoms with Crippen molar-refractivity contribution in [3.63, 3.8) is 0 Å². The largest absolute Gasteiger partial charge is 0.439 e. The van der Waals surface area contributed by atoms with E-state index in [1.165, 1.54) is 6.07 Å². The lowest BCUT2D eigenvalue weighted by Gasteiger charge is -2.11. The highest BCUT2D eigenvalue weighted by atomic mass is 19.1. The van der Waals surface area contributed by atoms with E-state index in [1.54, 1.807) is 41.9 Å². The number of aromatic nitrogens is 4. The number of rotatable bonds is 5. The summed E-state index contributed by atoms with van der Waals surface area (Å²) in [7, 11) is 0. The molecule has 4 aromatic rings. The summed E-state index contributed by atoms with van der Waals surface area (Å²) in [4.78, 5) is 20.9. The Morgan fingerprint density at radius 2 is 1.62 bits per heavy atom. The van der Waals surface area contributed by atoms with Crippen LogP contribution in [0.2, 0.25) is 0 Å². The van der Waals surface area contributed by atoms with Crippen molar-refractivity contribution >= 4 is 17.4 Å². The Bertz CT molecular complexity index is 1350. The number of benzene rings is 2. The molecule has 10 heteroatoms. The molecule has 0 radical (unpaired) electrons. The topological polar surface area (TPSA) is 94.0 Å². The van der Waals surface area contributed by atoms with E-state index >= 15 is 0 Å². The quantitative estimate of drug-likeness (QED) is 0.400. The van der Waals surface area contributed by atoms with Gasteiger partial charge >= 0.3 is 6.03 Å². The van der Waals surface area contributed by atoms with Crippen molar-refractivity contribution in [1.29, 1.82) is 0 Å². The number of halogens is 2. The maximum atomic E-state index is 13.7. The first-order chi connectivity index (χ1) is 16.2. The van der Waals surface area contributed by atoms with Gasteiger partial charge in [-0.25, -0.2) is 23.2 Å². The average Bonchev–Trinajstić information content (AvgIpc) is 3.05. The number of nitrogens with one attached hydrogen (secondary N) is 2. The summed E-state index contributed by atoms with van der Waals surface area (Å²) < 4.78 is 35.0. The Labute approximate surface area is 194 Å². The minimum absolute atomic E-state index is 0.334. The number of carbonyl (C=O) groups excluding carboxylic acids is 1. The molecule has 0 bridgehead atoms. The number of carbonyl (C=O) groups is 1. The lowest BCUT2D eigenvalue weighted by molar-refractivity contribution is 0.262. The second-order valence-corrected chi connectivity index (χ2v) is 7.62. The molecule has 174 valence electrons. The summed E-state index contributed by atoms with van der Waals surface area (Å²) >= 11 is 0. The van der Waals surface area contributed by atoms with Gasteiger partial charge in [0.15, 0.2) is 5.82 Å². The van der Waals surface area contributed by atoms with E-state index in [-0.39, 0.29) is 0 Å². The molecule has 8 nitrogen and oxygen atoms in total. The SMILES string of the molecule is Cc1nc(Oc2ccc(NC(=O)Nc3c(F)cccc3F)cc2)cc(-n2nc(C)c(C)c2C)n1. The average molecular weight is 464 g/mol. The molecule has 2 amide bonds. The number of urea groups is 1. The monoisotopic (exact) mass is 464 g/mol. The number of para-hydroxylation sites is 1. The standard InChI is InChI=1S/C24H22F2N6O2/c1-13-14(2)31-32(15(13)3)21-12-22(28-16(4)27-21)34-18-10-8-17(9-11-18)29-24(33)30-23-19(25)6-5-7-20(23)26/h5-12H,1-4H3,(H2,29,30,33). The van der Waals surface area contributed by atoms with Gasteiger partial charge in [0.25, 0.3) is 0 Å². The number of nitrogens with zero attached hydrogens (tertiary/aromatic N) is 4. The molecule has 0 aliphatic heterocycles. The minimum Gasteiger partial charge on any atom is -0.439 e. The van der Waals surface area contributed by atoms with Crippen LogP contribution < -0.4 is 15.4 Å². The minimum atomic E-state index is -0.867. The van der Waals surface area contributed by atoms with Gasteiger partial charge in [-0.1, -0.05) is 6.07 Å². The van der Waals surface area contributed by atoms with Gasteiger partial charge in [-0.2, -0.15) is 10.1 Å². The molecule has 2 heterocycles. The highest BCUT2D eigenvalue weighted by molar-refractivity contribution is 5.99. The molecule has 0 spiro atoms. The van der Waals surface area contributed by atoms with Crippen molar-refractivity contribution in [3.8, 4) is 17.4 Å².